The molecule has 0 saturated carbocycles. The van der Waals surface area contributed by atoms with E-state index in [9.17, 15) is 18.0 Å². The van der Waals surface area contributed by atoms with Crippen molar-refractivity contribution in [2.45, 2.75) is 32.5 Å². The van der Waals surface area contributed by atoms with E-state index in [2.05, 4.69) is 10.3 Å². The molecule has 0 unspecified atom stereocenters. The first-order valence-corrected chi connectivity index (χ1v) is 8.01. The van der Waals surface area contributed by atoms with E-state index in [1.807, 2.05) is 0 Å². The van der Waals surface area contributed by atoms with E-state index in [1.165, 1.54) is 12.1 Å². The van der Waals surface area contributed by atoms with Gasteiger partial charge in [-0.1, -0.05) is 12.1 Å². The zero-order valence-corrected chi connectivity index (χ0v) is 17.4. The topological polar surface area (TPSA) is 53.9 Å². The molecule has 0 spiro atoms. The minimum Gasteiger partial charge on any atom is -0.466 e. The van der Waals surface area contributed by atoms with E-state index in [0.29, 0.717) is 38.5 Å². The van der Waals surface area contributed by atoms with Gasteiger partial charge in [0.15, 0.2) is 5.96 Å². The highest BCUT2D eigenvalue weighted by molar-refractivity contribution is 14.0. The monoisotopic (exact) mass is 487 g/mol. The van der Waals surface area contributed by atoms with E-state index >= 15 is 0 Å². The average molecular weight is 487 g/mol. The van der Waals surface area contributed by atoms with Crippen molar-refractivity contribution in [3.8, 4) is 0 Å². The first-order chi connectivity index (χ1) is 11.8. The van der Waals surface area contributed by atoms with Gasteiger partial charge < -0.3 is 15.0 Å². The van der Waals surface area contributed by atoms with Crippen molar-refractivity contribution < 1.29 is 22.7 Å². The number of ether oxygens (including phenoxy) is 1. The number of benzene rings is 1. The summed E-state index contributed by atoms with van der Waals surface area (Å²) >= 11 is 0. The van der Waals surface area contributed by atoms with Crippen LogP contribution >= 0.6 is 24.0 Å². The number of hydrogen-bond acceptors (Lipinski definition) is 3. The lowest BCUT2D eigenvalue weighted by molar-refractivity contribution is -0.143. The molecule has 9 heteroatoms. The molecule has 0 aliphatic rings. The standard InChI is InChI=1S/C17H24F3N3O2.HI/c1-4-25-15(24)6-5-11-22-16(21-2)23(3)12-13-7-9-14(10-8-13)17(18,19)20;/h7-10H,4-6,11-12H2,1-3H3,(H,21,22);1H. The van der Waals surface area contributed by atoms with Gasteiger partial charge in [-0.2, -0.15) is 13.2 Å². The van der Waals surface area contributed by atoms with Crippen molar-refractivity contribution in [2.75, 3.05) is 27.2 Å². The smallest absolute Gasteiger partial charge is 0.416 e. The molecular formula is C17H25F3IN3O2. The maximum absolute atomic E-state index is 12.6. The maximum Gasteiger partial charge on any atom is 0.416 e. The second-order valence-electron chi connectivity index (χ2n) is 5.43. The molecule has 0 radical (unpaired) electrons. The van der Waals surface area contributed by atoms with Gasteiger partial charge in [-0.25, -0.2) is 0 Å². The largest absolute Gasteiger partial charge is 0.466 e. The number of esters is 1. The van der Waals surface area contributed by atoms with Crippen molar-refractivity contribution in [3.05, 3.63) is 35.4 Å². The fraction of sp³-hybridized carbons (Fsp3) is 0.529. The number of aliphatic imine (C=N–C) groups is 1. The summed E-state index contributed by atoms with van der Waals surface area (Å²) in [5.41, 5.74) is 0.0744. The summed E-state index contributed by atoms with van der Waals surface area (Å²) in [6, 6.07) is 5.04. The Labute approximate surface area is 169 Å². The van der Waals surface area contributed by atoms with Gasteiger partial charge in [-0.3, -0.25) is 9.79 Å². The molecule has 0 heterocycles. The molecule has 0 aliphatic heterocycles. The normalized spacial score (nSPS) is 11.5. The molecule has 1 aromatic rings. The van der Waals surface area contributed by atoms with Crippen LogP contribution in [-0.4, -0.2) is 44.1 Å². The van der Waals surface area contributed by atoms with Crippen molar-refractivity contribution in [3.63, 3.8) is 0 Å². The second kappa shape index (κ2) is 12.0. The predicted octanol–water partition coefficient (Wildman–Crippen LogP) is 3.67. The van der Waals surface area contributed by atoms with Gasteiger partial charge in [0.05, 0.1) is 12.2 Å². The molecule has 1 rings (SSSR count). The van der Waals surface area contributed by atoms with E-state index < -0.39 is 11.7 Å². The van der Waals surface area contributed by atoms with Gasteiger partial charge in [0.2, 0.25) is 0 Å². The number of nitrogens with one attached hydrogen (secondary N) is 1. The summed E-state index contributed by atoms with van der Waals surface area (Å²) in [5, 5.41) is 3.11. The van der Waals surface area contributed by atoms with E-state index in [0.717, 1.165) is 17.7 Å². The minimum absolute atomic E-state index is 0. The Bertz CT molecular complexity index is 578. The number of rotatable bonds is 7. The maximum atomic E-state index is 12.6. The molecule has 0 aliphatic carbocycles. The molecule has 0 aromatic heterocycles. The zero-order chi connectivity index (χ0) is 18.9. The number of nitrogens with zero attached hydrogens (tertiary/aromatic N) is 2. The molecule has 1 N–H and O–H groups in total. The lowest BCUT2D eigenvalue weighted by Gasteiger charge is -2.22. The number of halogens is 4. The van der Waals surface area contributed by atoms with Crippen molar-refractivity contribution >= 4 is 35.9 Å². The third kappa shape index (κ3) is 8.72. The number of guanidine groups is 1. The SMILES string of the molecule is CCOC(=O)CCCNC(=NC)N(C)Cc1ccc(C(F)(F)F)cc1.I. The lowest BCUT2D eigenvalue weighted by atomic mass is 10.1. The van der Waals surface area contributed by atoms with Crippen molar-refractivity contribution in [1.29, 1.82) is 0 Å². The summed E-state index contributed by atoms with van der Waals surface area (Å²) in [4.78, 5) is 17.2. The van der Waals surface area contributed by atoms with Crippen LogP contribution in [0.4, 0.5) is 13.2 Å². The quantitative estimate of drug-likeness (QED) is 0.210. The van der Waals surface area contributed by atoms with E-state index in [-0.39, 0.29) is 29.9 Å². The highest BCUT2D eigenvalue weighted by Crippen LogP contribution is 2.29. The summed E-state index contributed by atoms with van der Waals surface area (Å²) in [6.07, 6.45) is -3.41. The molecular weight excluding hydrogens is 462 g/mol. The van der Waals surface area contributed by atoms with Crippen LogP contribution in [0.1, 0.15) is 30.9 Å². The Hall–Kier alpha value is -1.52. The molecule has 26 heavy (non-hydrogen) atoms. The van der Waals surface area contributed by atoms with Crippen molar-refractivity contribution in [2.24, 2.45) is 4.99 Å². The number of hydrogen-bond donors (Lipinski definition) is 1. The zero-order valence-electron chi connectivity index (χ0n) is 15.1. The predicted molar refractivity (Wildman–Crippen MR) is 106 cm³/mol. The highest BCUT2D eigenvalue weighted by atomic mass is 127. The minimum atomic E-state index is -4.33. The molecule has 0 amide bonds. The van der Waals surface area contributed by atoms with Crippen LogP contribution in [0, 0.1) is 0 Å². The summed E-state index contributed by atoms with van der Waals surface area (Å²) in [6.45, 7) is 3.08. The van der Waals surface area contributed by atoms with Crippen LogP contribution in [0.25, 0.3) is 0 Å². The lowest BCUT2D eigenvalue weighted by Crippen LogP contribution is -2.39. The Kier molecular flexibility index (Phi) is 11.3. The van der Waals surface area contributed by atoms with E-state index in [4.69, 9.17) is 4.74 Å². The number of carbonyl (C=O) groups is 1. The Balaban J connectivity index is 0.00000625. The molecule has 0 atom stereocenters. The number of carbonyl (C=O) groups excluding carboxylic acids is 1. The first-order valence-electron chi connectivity index (χ1n) is 8.01. The molecule has 0 bridgehead atoms. The summed E-state index contributed by atoms with van der Waals surface area (Å²) in [5.74, 6) is 0.362. The Morgan fingerprint density at radius 1 is 1.27 bits per heavy atom. The fourth-order valence-corrected chi connectivity index (χ4v) is 2.20. The van der Waals surface area contributed by atoms with Crippen LogP contribution in [-0.2, 0) is 22.3 Å². The molecule has 0 saturated heterocycles. The van der Waals surface area contributed by atoms with Crippen LogP contribution in [0.15, 0.2) is 29.3 Å². The van der Waals surface area contributed by atoms with Gasteiger partial charge in [-0.15, -0.1) is 24.0 Å². The fourth-order valence-electron chi connectivity index (χ4n) is 2.20. The van der Waals surface area contributed by atoms with Crippen LogP contribution in [0.5, 0.6) is 0 Å². The summed E-state index contributed by atoms with van der Waals surface area (Å²) in [7, 11) is 3.41. The molecule has 0 fully saturated rings. The van der Waals surface area contributed by atoms with E-state index in [1.54, 1.807) is 25.9 Å². The molecule has 5 nitrogen and oxygen atoms in total. The van der Waals surface area contributed by atoms with Crippen LogP contribution in [0.3, 0.4) is 0 Å². The third-order valence-corrected chi connectivity index (χ3v) is 3.42. The summed E-state index contributed by atoms with van der Waals surface area (Å²) < 4.78 is 42.6. The van der Waals surface area contributed by atoms with Gasteiger partial charge in [-0.05, 0) is 31.0 Å². The second-order valence-corrected chi connectivity index (χ2v) is 5.43. The highest BCUT2D eigenvalue weighted by Gasteiger charge is 2.29. The van der Waals surface area contributed by atoms with Gasteiger partial charge in [0.25, 0.3) is 0 Å². The van der Waals surface area contributed by atoms with Crippen molar-refractivity contribution in [1.82, 2.24) is 10.2 Å². The third-order valence-electron chi connectivity index (χ3n) is 3.42. The average Bonchev–Trinajstić information content (AvgIpc) is 2.54. The molecule has 148 valence electrons. The molecule has 1 aromatic carbocycles. The van der Waals surface area contributed by atoms with Gasteiger partial charge >= 0.3 is 12.1 Å². The van der Waals surface area contributed by atoms with Crippen LogP contribution < -0.4 is 5.32 Å². The Morgan fingerprint density at radius 3 is 2.38 bits per heavy atom. The number of alkyl halides is 3. The van der Waals surface area contributed by atoms with Gasteiger partial charge in [0, 0.05) is 33.6 Å². The first kappa shape index (κ1) is 24.5. The Morgan fingerprint density at radius 2 is 1.88 bits per heavy atom. The van der Waals surface area contributed by atoms with Crippen LogP contribution in [0.2, 0.25) is 0 Å². The van der Waals surface area contributed by atoms with Gasteiger partial charge in [0.1, 0.15) is 0 Å².